The topological polar surface area (TPSA) is 79.8 Å². The zero-order chi connectivity index (χ0) is 25.2. The van der Waals surface area contributed by atoms with Crippen molar-refractivity contribution in [1.29, 1.82) is 0 Å². The van der Waals surface area contributed by atoms with E-state index in [1.807, 2.05) is 51.2 Å². The first-order chi connectivity index (χ1) is 16.6. The van der Waals surface area contributed by atoms with Crippen molar-refractivity contribution in [2.75, 3.05) is 43.5 Å². The predicted molar refractivity (Wildman–Crippen MR) is 140 cm³/mol. The van der Waals surface area contributed by atoms with Gasteiger partial charge >= 0.3 is 6.09 Å². The van der Waals surface area contributed by atoms with Gasteiger partial charge in [-0.2, -0.15) is 0 Å². The van der Waals surface area contributed by atoms with Crippen LogP contribution in [-0.4, -0.2) is 59.9 Å². The summed E-state index contributed by atoms with van der Waals surface area (Å²) < 4.78 is 11.1. The standard InChI is InChI=1S/C27H35N5O3/c1-18(2)23-22(34-6)12-7-19-17-28-25(30-24(19)23)29-20-8-10-21(11-9-20)31-13-15-32(16-14-31)26(33)35-27(3,4)5/h7-12,17-18H,13-16H2,1-6H3,(H,28,29,30). The molecule has 186 valence electrons. The van der Waals surface area contributed by atoms with Gasteiger partial charge in [-0.1, -0.05) is 13.8 Å². The Morgan fingerprint density at radius 1 is 1.03 bits per heavy atom. The summed E-state index contributed by atoms with van der Waals surface area (Å²) in [6.07, 6.45) is 1.60. The third-order valence-corrected chi connectivity index (χ3v) is 5.97. The van der Waals surface area contributed by atoms with E-state index in [2.05, 4.69) is 41.2 Å². The van der Waals surface area contributed by atoms with E-state index >= 15 is 0 Å². The van der Waals surface area contributed by atoms with E-state index < -0.39 is 5.60 Å². The number of anilines is 3. The molecule has 8 heteroatoms. The van der Waals surface area contributed by atoms with Crippen molar-refractivity contribution >= 4 is 34.3 Å². The van der Waals surface area contributed by atoms with Crippen molar-refractivity contribution in [2.45, 2.75) is 46.1 Å². The molecule has 2 heterocycles. The highest BCUT2D eigenvalue weighted by Gasteiger charge is 2.26. The van der Waals surface area contributed by atoms with Gasteiger partial charge < -0.3 is 24.6 Å². The number of piperazine rings is 1. The first-order valence-corrected chi connectivity index (χ1v) is 12.1. The molecule has 0 bridgehead atoms. The number of hydrogen-bond acceptors (Lipinski definition) is 7. The molecule has 1 aliphatic heterocycles. The molecule has 2 aromatic carbocycles. The fourth-order valence-electron chi connectivity index (χ4n) is 4.26. The molecule has 4 rings (SSSR count). The second-order valence-electron chi connectivity index (χ2n) is 10.1. The van der Waals surface area contributed by atoms with Gasteiger partial charge in [-0.25, -0.2) is 14.8 Å². The molecule has 0 radical (unpaired) electrons. The van der Waals surface area contributed by atoms with Crippen LogP contribution in [0.5, 0.6) is 5.75 Å². The van der Waals surface area contributed by atoms with Crippen molar-refractivity contribution in [3.05, 3.63) is 48.2 Å². The Kier molecular flexibility index (Phi) is 7.00. The van der Waals surface area contributed by atoms with Gasteiger partial charge in [0.25, 0.3) is 0 Å². The number of nitrogens with zero attached hydrogens (tertiary/aromatic N) is 4. The highest BCUT2D eigenvalue weighted by atomic mass is 16.6. The molecular weight excluding hydrogens is 442 g/mol. The maximum atomic E-state index is 12.3. The Hall–Kier alpha value is -3.55. The number of aromatic nitrogens is 2. The molecule has 1 N–H and O–H groups in total. The number of amides is 1. The first-order valence-electron chi connectivity index (χ1n) is 12.1. The summed E-state index contributed by atoms with van der Waals surface area (Å²) in [5.74, 6) is 1.66. The summed E-state index contributed by atoms with van der Waals surface area (Å²) in [6, 6.07) is 12.2. The Balaban J connectivity index is 1.43. The molecule has 3 aromatic rings. The number of benzene rings is 2. The van der Waals surface area contributed by atoms with Crippen LogP contribution >= 0.6 is 0 Å². The van der Waals surface area contributed by atoms with Crippen LogP contribution in [0, 0.1) is 0 Å². The van der Waals surface area contributed by atoms with Crippen LogP contribution in [0.15, 0.2) is 42.6 Å². The Bertz CT molecular complexity index is 1180. The number of nitrogens with one attached hydrogen (secondary N) is 1. The SMILES string of the molecule is COc1ccc2cnc(Nc3ccc(N4CCN(C(=O)OC(C)(C)C)CC4)cc3)nc2c1C(C)C. The quantitative estimate of drug-likeness (QED) is 0.515. The average molecular weight is 478 g/mol. The third-order valence-electron chi connectivity index (χ3n) is 5.97. The lowest BCUT2D eigenvalue weighted by molar-refractivity contribution is 0.0240. The van der Waals surface area contributed by atoms with Crippen LogP contribution in [0.25, 0.3) is 10.9 Å². The fourth-order valence-corrected chi connectivity index (χ4v) is 4.26. The second kappa shape index (κ2) is 9.98. The fraction of sp³-hybridized carbons (Fsp3) is 0.444. The highest BCUT2D eigenvalue weighted by molar-refractivity contribution is 5.85. The Morgan fingerprint density at radius 3 is 2.31 bits per heavy atom. The molecule has 1 aliphatic rings. The molecule has 0 atom stereocenters. The largest absolute Gasteiger partial charge is 0.496 e. The highest BCUT2D eigenvalue weighted by Crippen LogP contribution is 2.33. The van der Waals surface area contributed by atoms with E-state index in [-0.39, 0.29) is 12.0 Å². The molecule has 8 nitrogen and oxygen atoms in total. The normalized spacial score (nSPS) is 14.4. The molecule has 1 fully saturated rings. The van der Waals surface area contributed by atoms with Crippen LogP contribution in [0.2, 0.25) is 0 Å². The zero-order valence-electron chi connectivity index (χ0n) is 21.5. The van der Waals surface area contributed by atoms with E-state index in [9.17, 15) is 4.79 Å². The molecule has 1 aromatic heterocycles. The maximum Gasteiger partial charge on any atom is 0.410 e. The molecule has 0 saturated carbocycles. The van der Waals surface area contributed by atoms with Gasteiger partial charge in [-0.05, 0) is 63.1 Å². The van der Waals surface area contributed by atoms with E-state index in [1.165, 1.54) is 0 Å². The number of carbonyl (C=O) groups excluding carboxylic acids is 1. The summed E-state index contributed by atoms with van der Waals surface area (Å²) >= 11 is 0. The molecular formula is C27H35N5O3. The predicted octanol–water partition coefficient (Wildman–Crippen LogP) is 5.56. The van der Waals surface area contributed by atoms with Gasteiger partial charge in [0.05, 0.1) is 12.6 Å². The van der Waals surface area contributed by atoms with Gasteiger partial charge in [-0.15, -0.1) is 0 Å². The van der Waals surface area contributed by atoms with Gasteiger partial charge in [0.2, 0.25) is 5.95 Å². The van der Waals surface area contributed by atoms with Gasteiger partial charge in [-0.3, -0.25) is 0 Å². The van der Waals surface area contributed by atoms with E-state index in [4.69, 9.17) is 14.5 Å². The molecule has 35 heavy (non-hydrogen) atoms. The molecule has 0 aliphatic carbocycles. The number of fused-ring (bicyclic) bond motifs is 1. The monoisotopic (exact) mass is 477 g/mol. The van der Waals surface area contributed by atoms with Crippen LogP contribution < -0.4 is 15.0 Å². The van der Waals surface area contributed by atoms with Crippen LogP contribution in [0.3, 0.4) is 0 Å². The van der Waals surface area contributed by atoms with Crippen LogP contribution in [-0.2, 0) is 4.74 Å². The summed E-state index contributed by atoms with van der Waals surface area (Å²) in [4.78, 5) is 25.7. The first kappa shape index (κ1) is 24.6. The lowest BCUT2D eigenvalue weighted by atomic mass is 9.99. The number of methoxy groups -OCH3 is 1. The minimum absolute atomic E-state index is 0.245. The van der Waals surface area contributed by atoms with Crippen molar-refractivity contribution < 1.29 is 14.3 Å². The van der Waals surface area contributed by atoms with Crippen LogP contribution in [0.4, 0.5) is 22.1 Å². The number of ether oxygens (including phenoxy) is 2. The second-order valence-corrected chi connectivity index (χ2v) is 10.1. The number of rotatable bonds is 5. The minimum atomic E-state index is -0.478. The van der Waals surface area contributed by atoms with Crippen molar-refractivity contribution in [2.24, 2.45) is 0 Å². The van der Waals surface area contributed by atoms with Crippen molar-refractivity contribution in [3.8, 4) is 5.75 Å². The summed E-state index contributed by atoms with van der Waals surface area (Å²) in [7, 11) is 1.69. The van der Waals surface area contributed by atoms with Crippen molar-refractivity contribution in [3.63, 3.8) is 0 Å². The van der Waals surface area contributed by atoms with Gasteiger partial charge in [0.15, 0.2) is 0 Å². The molecule has 1 saturated heterocycles. The van der Waals surface area contributed by atoms with Gasteiger partial charge in [0.1, 0.15) is 11.4 Å². The maximum absolute atomic E-state index is 12.3. The average Bonchev–Trinajstić information content (AvgIpc) is 2.82. The minimum Gasteiger partial charge on any atom is -0.496 e. The molecule has 1 amide bonds. The van der Waals surface area contributed by atoms with Crippen LogP contribution in [0.1, 0.15) is 46.1 Å². The van der Waals surface area contributed by atoms with E-state index in [0.29, 0.717) is 19.0 Å². The Morgan fingerprint density at radius 2 is 1.71 bits per heavy atom. The lowest BCUT2D eigenvalue weighted by Crippen LogP contribution is -2.50. The number of hydrogen-bond donors (Lipinski definition) is 1. The lowest BCUT2D eigenvalue weighted by Gasteiger charge is -2.36. The summed E-state index contributed by atoms with van der Waals surface area (Å²) in [5, 5.41) is 4.31. The van der Waals surface area contributed by atoms with E-state index in [0.717, 1.165) is 46.7 Å². The summed E-state index contributed by atoms with van der Waals surface area (Å²) in [6.45, 7) is 12.7. The zero-order valence-corrected chi connectivity index (χ0v) is 21.5. The van der Waals surface area contributed by atoms with E-state index in [1.54, 1.807) is 12.0 Å². The molecule has 0 unspecified atom stereocenters. The Labute approximate surface area is 207 Å². The summed E-state index contributed by atoms with van der Waals surface area (Å²) in [5.41, 5.74) is 3.53. The molecule has 0 spiro atoms. The number of carbonyl (C=O) groups is 1. The third kappa shape index (κ3) is 5.75. The van der Waals surface area contributed by atoms with Gasteiger partial charge in [0, 0.05) is 54.7 Å². The van der Waals surface area contributed by atoms with Crippen molar-refractivity contribution in [1.82, 2.24) is 14.9 Å². The smallest absolute Gasteiger partial charge is 0.410 e.